The normalized spacial score (nSPS) is 11.2. The number of imidazole rings is 1. The Morgan fingerprint density at radius 2 is 2.22 bits per heavy atom. The number of H-pyrrole nitrogens is 1. The summed E-state index contributed by atoms with van der Waals surface area (Å²) >= 11 is 0. The van der Waals surface area contributed by atoms with E-state index >= 15 is 0 Å². The lowest BCUT2D eigenvalue weighted by atomic mass is 10.2. The third-order valence-corrected chi connectivity index (χ3v) is 3.16. The first-order chi connectivity index (χ1) is 8.70. The van der Waals surface area contributed by atoms with Crippen LogP contribution in [0.1, 0.15) is 12.6 Å². The number of aryl methyl sites for hydroxylation is 2. The fourth-order valence-electron chi connectivity index (χ4n) is 2.24. The number of aromatic nitrogens is 4. The van der Waals surface area contributed by atoms with Gasteiger partial charge in [-0.2, -0.15) is 5.10 Å². The van der Waals surface area contributed by atoms with Crippen molar-refractivity contribution < 1.29 is 0 Å². The second kappa shape index (κ2) is 3.87. The van der Waals surface area contributed by atoms with Crippen LogP contribution in [0.5, 0.6) is 0 Å². The third kappa shape index (κ3) is 1.48. The predicted octanol–water partition coefficient (Wildman–Crippen LogP) is 2.34. The van der Waals surface area contributed by atoms with Crippen molar-refractivity contribution in [2.75, 3.05) is 5.73 Å². The number of nitrogens with zero attached hydrogens (tertiary/aromatic N) is 3. The highest BCUT2D eigenvalue weighted by molar-refractivity contribution is 5.83. The van der Waals surface area contributed by atoms with Crippen LogP contribution in [0.25, 0.3) is 22.4 Å². The minimum absolute atomic E-state index is 0.757. The molecule has 2 heterocycles. The summed E-state index contributed by atoms with van der Waals surface area (Å²) in [7, 11) is 0. The van der Waals surface area contributed by atoms with Gasteiger partial charge in [0.15, 0.2) is 0 Å². The molecule has 5 nitrogen and oxygen atoms in total. The Balaban J connectivity index is 2.33. The summed E-state index contributed by atoms with van der Waals surface area (Å²) in [6.45, 7) is 4.94. The lowest BCUT2D eigenvalue weighted by Gasteiger charge is -2.05. The molecule has 0 saturated heterocycles. The molecule has 0 aliphatic heterocycles. The molecule has 0 spiro atoms. The zero-order chi connectivity index (χ0) is 12.7. The monoisotopic (exact) mass is 241 g/mol. The van der Waals surface area contributed by atoms with E-state index in [4.69, 9.17) is 5.73 Å². The van der Waals surface area contributed by atoms with Crippen LogP contribution in [0.2, 0.25) is 0 Å². The molecule has 1 aromatic carbocycles. The number of hydrogen-bond acceptors (Lipinski definition) is 3. The van der Waals surface area contributed by atoms with Gasteiger partial charge in [0.05, 0.1) is 22.8 Å². The molecule has 0 radical (unpaired) electrons. The van der Waals surface area contributed by atoms with Crippen LogP contribution in [0, 0.1) is 6.92 Å². The van der Waals surface area contributed by atoms with Crippen LogP contribution in [-0.2, 0) is 6.54 Å². The van der Waals surface area contributed by atoms with E-state index in [0.717, 1.165) is 40.3 Å². The summed E-state index contributed by atoms with van der Waals surface area (Å²) in [6, 6.07) is 5.79. The smallest absolute Gasteiger partial charge is 0.144 e. The van der Waals surface area contributed by atoms with Crippen LogP contribution < -0.4 is 5.73 Å². The Morgan fingerprint density at radius 3 is 2.89 bits per heavy atom. The molecular weight excluding hydrogens is 226 g/mol. The van der Waals surface area contributed by atoms with Gasteiger partial charge in [-0.3, -0.25) is 5.10 Å². The molecule has 0 saturated carbocycles. The quantitative estimate of drug-likeness (QED) is 0.676. The van der Waals surface area contributed by atoms with E-state index in [-0.39, 0.29) is 0 Å². The van der Waals surface area contributed by atoms with Crippen molar-refractivity contribution >= 4 is 16.7 Å². The molecule has 92 valence electrons. The highest BCUT2D eigenvalue weighted by Gasteiger charge is 2.14. The van der Waals surface area contributed by atoms with E-state index < -0.39 is 0 Å². The Kier molecular flexibility index (Phi) is 2.33. The van der Waals surface area contributed by atoms with Gasteiger partial charge >= 0.3 is 0 Å². The van der Waals surface area contributed by atoms with Gasteiger partial charge in [-0.05, 0) is 32.0 Å². The molecule has 0 amide bonds. The van der Waals surface area contributed by atoms with E-state index in [1.54, 1.807) is 0 Å². The Hall–Kier alpha value is -2.30. The first kappa shape index (κ1) is 10.8. The van der Waals surface area contributed by atoms with Crippen molar-refractivity contribution in [2.24, 2.45) is 0 Å². The predicted molar refractivity (Wildman–Crippen MR) is 72.1 cm³/mol. The first-order valence-corrected chi connectivity index (χ1v) is 5.96. The standard InChI is InChI=1S/C13H15N5/c1-3-18-12-6-9(14)4-5-11(12)16-13(18)10-7-15-17-8(10)2/h4-7H,3,14H2,1-2H3,(H,15,17). The van der Waals surface area contributed by atoms with E-state index in [2.05, 4.69) is 26.7 Å². The zero-order valence-electron chi connectivity index (χ0n) is 10.4. The van der Waals surface area contributed by atoms with Crippen LogP contribution in [0.3, 0.4) is 0 Å². The number of anilines is 1. The topological polar surface area (TPSA) is 72.5 Å². The van der Waals surface area contributed by atoms with E-state index in [1.165, 1.54) is 0 Å². The summed E-state index contributed by atoms with van der Waals surface area (Å²) in [4.78, 5) is 4.68. The van der Waals surface area contributed by atoms with Crippen molar-refractivity contribution in [3.8, 4) is 11.4 Å². The molecule has 0 bridgehead atoms. The van der Waals surface area contributed by atoms with Gasteiger partial charge in [-0.15, -0.1) is 0 Å². The number of benzene rings is 1. The highest BCUT2D eigenvalue weighted by atomic mass is 15.1. The maximum Gasteiger partial charge on any atom is 0.144 e. The van der Waals surface area contributed by atoms with Gasteiger partial charge in [-0.1, -0.05) is 0 Å². The van der Waals surface area contributed by atoms with Crippen LogP contribution in [0.4, 0.5) is 5.69 Å². The van der Waals surface area contributed by atoms with Crippen LogP contribution in [0.15, 0.2) is 24.4 Å². The maximum absolute atomic E-state index is 5.85. The number of hydrogen-bond donors (Lipinski definition) is 2. The summed E-state index contributed by atoms with van der Waals surface area (Å²) in [5.74, 6) is 0.935. The van der Waals surface area contributed by atoms with Crippen molar-refractivity contribution in [1.82, 2.24) is 19.7 Å². The molecule has 0 atom stereocenters. The average molecular weight is 241 g/mol. The van der Waals surface area contributed by atoms with Crippen LogP contribution in [-0.4, -0.2) is 19.7 Å². The van der Waals surface area contributed by atoms with Crippen molar-refractivity contribution in [3.05, 3.63) is 30.1 Å². The second-order valence-electron chi connectivity index (χ2n) is 4.34. The van der Waals surface area contributed by atoms with Gasteiger partial charge in [0, 0.05) is 17.9 Å². The largest absolute Gasteiger partial charge is 0.399 e. The van der Waals surface area contributed by atoms with E-state index in [9.17, 15) is 0 Å². The van der Waals surface area contributed by atoms with E-state index in [0.29, 0.717) is 0 Å². The molecule has 3 aromatic rings. The number of nitrogens with two attached hydrogens (primary N) is 1. The van der Waals surface area contributed by atoms with Crippen molar-refractivity contribution in [3.63, 3.8) is 0 Å². The number of nitrogen functional groups attached to an aromatic ring is 1. The molecule has 0 aliphatic carbocycles. The Labute approximate surface area is 105 Å². The fourth-order valence-corrected chi connectivity index (χ4v) is 2.24. The minimum Gasteiger partial charge on any atom is -0.399 e. The minimum atomic E-state index is 0.757. The average Bonchev–Trinajstić information content (AvgIpc) is 2.91. The fraction of sp³-hybridized carbons (Fsp3) is 0.231. The molecule has 3 rings (SSSR count). The van der Waals surface area contributed by atoms with Gasteiger partial charge in [0.2, 0.25) is 0 Å². The SMILES string of the molecule is CCn1c(-c2cn[nH]c2C)nc2ccc(N)cc21. The van der Waals surface area contributed by atoms with Gasteiger partial charge in [0.25, 0.3) is 0 Å². The molecular formula is C13H15N5. The maximum atomic E-state index is 5.85. The first-order valence-electron chi connectivity index (χ1n) is 5.96. The van der Waals surface area contributed by atoms with Crippen LogP contribution >= 0.6 is 0 Å². The lowest BCUT2D eigenvalue weighted by Crippen LogP contribution is -1.98. The highest BCUT2D eigenvalue weighted by Crippen LogP contribution is 2.27. The van der Waals surface area contributed by atoms with E-state index in [1.807, 2.05) is 31.3 Å². The zero-order valence-corrected chi connectivity index (χ0v) is 10.4. The molecule has 18 heavy (non-hydrogen) atoms. The molecule has 3 N–H and O–H groups in total. The van der Waals surface area contributed by atoms with Gasteiger partial charge in [0.1, 0.15) is 5.82 Å². The summed E-state index contributed by atoms with van der Waals surface area (Å²) in [5.41, 5.74) is 10.7. The van der Waals surface area contributed by atoms with Crippen molar-refractivity contribution in [2.45, 2.75) is 20.4 Å². The van der Waals surface area contributed by atoms with Gasteiger partial charge in [-0.25, -0.2) is 4.98 Å². The molecule has 0 unspecified atom stereocenters. The summed E-state index contributed by atoms with van der Waals surface area (Å²) in [6.07, 6.45) is 1.81. The molecule has 2 aromatic heterocycles. The molecule has 0 aliphatic rings. The number of fused-ring (bicyclic) bond motifs is 1. The van der Waals surface area contributed by atoms with Crippen molar-refractivity contribution in [1.29, 1.82) is 0 Å². The number of aromatic amines is 1. The summed E-state index contributed by atoms with van der Waals surface area (Å²) < 4.78 is 2.16. The Morgan fingerprint density at radius 1 is 1.39 bits per heavy atom. The third-order valence-electron chi connectivity index (χ3n) is 3.16. The number of rotatable bonds is 2. The lowest BCUT2D eigenvalue weighted by molar-refractivity contribution is 0.796. The number of nitrogens with one attached hydrogen (secondary N) is 1. The molecule has 0 fully saturated rings. The second-order valence-corrected chi connectivity index (χ2v) is 4.34. The Bertz CT molecular complexity index is 707. The van der Waals surface area contributed by atoms with Gasteiger partial charge < -0.3 is 10.3 Å². The molecule has 5 heteroatoms. The summed E-state index contributed by atoms with van der Waals surface area (Å²) in [5, 5.41) is 7.00.